The lowest BCUT2D eigenvalue weighted by molar-refractivity contribution is 0.0988. The normalized spacial score (nSPS) is 10.4. The van der Waals surface area contributed by atoms with Crippen molar-refractivity contribution >= 4 is 17.5 Å². The molecule has 1 rings (SSSR count). The average Bonchev–Trinajstić information content (AvgIpc) is 2.34. The van der Waals surface area contributed by atoms with E-state index >= 15 is 0 Å². The van der Waals surface area contributed by atoms with Crippen LogP contribution in [-0.4, -0.2) is 25.3 Å². The van der Waals surface area contributed by atoms with Crippen LogP contribution in [0.15, 0.2) is 29.2 Å². The minimum Gasteiger partial charge on any atom is -0.385 e. The maximum atomic E-state index is 11.4. The number of carbonyl (C=O) groups is 1. The van der Waals surface area contributed by atoms with Crippen LogP contribution < -0.4 is 0 Å². The smallest absolute Gasteiger partial charge is 0.162 e. The van der Waals surface area contributed by atoms with Gasteiger partial charge < -0.3 is 4.74 Å². The van der Waals surface area contributed by atoms with Crippen molar-refractivity contribution in [3.63, 3.8) is 0 Å². The van der Waals surface area contributed by atoms with Gasteiger partial charge in [0.2, 0.25) is 0 Å². The van der Waals surface area contributed by atoms with E-state index in [1.54, 1.807) is 18.9 Å². The third kappa shape index (κ3) is 4.37. The Kier molecular flexibility index (Phi) is 6.19. The summed E-state index contributed by atoms with van der Waals surface area (Å²) >= 11 is 1.80. The predicted octanol–water partition coefficient (Wildman–Crippen LogP) is 3.41. The Morgan fingerprint density at radius 2 is 2.00 bits per heavy atom. The SMILES string of the molecule is CCC(=O)c1ccc(SCCCOC)cc1. The van der Waals surface area contributed by atoms with Gasteiger partial charge in [0.05, 0.1) is 0 Å². The van der Waals surface area contributed by atoms with Gasteiger partial charge in [-0.1, -0.05) is 19.1 Å². The second kappa shape index (κ2) is 7.47. The Morgan fingerprint density at radius 1 is 1.31 bits per heavy atom. The van der Waals surface area contributed by atoms with Gasteiger partial charge in [-0.25, -0.2) is 0 Å². The first-order chi connectivity index (χ1) is 7.77. The molecule has 0 amide bonds. The summed E-state index contributed by atoms with van der Waals surface area (Å²) in [6, 6.07) is 7.84. The quantitative estimate of drug-likeness (QED) is 0.414. The zero-order valence-electron chi connectivity index (χ0n) is 9.86. The fourth-order valence-electron chi connectivity index (χ4n) is 1.33. The minimum atomic E-state index is 0.205. The average molecular weight is 238 g/mol. The molecule has 0 unspecified atom stereocenters. The summed E-state index contributed by atoms with van der Waals surface area (Å²) < 4.78 is 4.99. The molecule has 0 spiro atoms. The first-order valence-electron chi connectivity index (χ1n) is 5.53. The van der Waals surface area contributed by atoms with Gasteiger partial charge in [-0.3, -0.25) is 4.79 Å². The van der Waals surface area contributed by atoms with Gasteiger partial charge in [-0.15, -0.1) is 11.8 Å². The van der Waals surface area contributed by atoms with Crippen LogP contribution in [0.4, 0.5) is 0 Å². The third-order valence-corrected chi connectivity index (χ3v) is 3.36. The van der Waals surface area contributed by atoms with Gasteiger partial charge >= 0.3 is 0 Å². The van der Waals surface area contributed by atoms with Gasteiger partial charge in [-0.2, -0.15) is 0 Å². The molecule has 88 valence electrons. The number of thioether (sulfide) groups is 1. The lowest BCUT2D eigenvalue weighted by Crippen LogP contribution is -1.95. The van der Waals surface area contributed by atoms with Crippen LogP contribution in [0, 0.1) is 0 Å². The van der Waals surface area contributed by atoms with E-state index in [9.17, 15) is 4.79 Å². The van der Waals surface area contributed by atoms with Crippen molar-refractivity contribution in [1.82, 2.24) is 0 Å². The van der Waals surface area contributed by atoms with Crippen LogP contribution in [0.3, 0.4) is 0 Å². The molecule has 0 saturated carbocycles. The summed E-state index contributed by atoms with van der Waals surface area (Å²) in [4.78, 5) is 12.6. The zero-order chi connectivity index (χ0) is 11.8. The van der Waals surface area contributed by atoms with Crippen LogP contribution in [0.5, 0.6) is 0 Å². The summed E-state index contributed by atoms with van der Waals surface area (Å²) in [6.45, 7) is 2.69. The molecule has 0 saturated heterocycles. The van der Waals surface area contributed by atoms with Crippen molar-refractivity contribution in [2.75, 3.05) is 19.5 Å². The molecule has 1 aromatic carbocycles. The fraction of sp³-hybridized carbons (Fsp3) is 0.462. The maximum Gasteiger partial charge on any atom is 0.162 e. The van der Waals surface area contributed by atoms with Gasteiger partial charge in [0.15, 0.2) is 5.78 Å². The summed E-state index contributed by atoms with van der Waals surface area (Å²) in [5.41, 5.74) is 0.809. The largest absolute Gasteiger partial charge is 0.385 e. The number of ether oxygens (including phenoxy) is 1. The standard InChI is InChI=1S/C13H18O2S/c1-3-13(14)11-5-7-12(8-6-11)16-10-4-9-15-2/h5-8H,3-4,9-10H2,1-2H3. The predicted molar refractivity (Wildman–Crippen MR) is 68.3 cm³/mol. The molecule has 0 aliphatic rings. The Hall–Kier alpha value is -0.800. The van der Waals surface area contributed by atoms with Crippen molar-refractivity contribution in [2.24, 2.45) is 0 Å². The van der Waals surface area contributed by atoms with E-state index in [0.29, 0.717) is 6.42 Å². The number of ketones is 1. The second-order valence-corrected chi connectivity index (χ2v) is 4.66. The summed E-state index contributed by atoms with van der Waals surface area (Å²) in [5, 5.41) is 0. The summed E-state index contributed by atoms with van der Waals surface area (Å²) in [5.74, 6) is 1.26. The molecule has 0 atom stereocenters. The Morgan fingerprint density at radius 3 is 2.56 bits per heavy atom. The van der Waals surface area contributed by atoms with E-state index in [1.807, 2.05) is 31.2 Å². The Balaban J connectivity index is 2.42. The molecule has 0 aliphatic heterocycles. The van der Waals surface area contributed by atoms with Gasteiger partial charge in [0.1, 0.15) is 0 Å². The Bertz CT molecular complexity index is 319. The van der Waals surface area contributed by atoms with Crippen LogP contribution in [0.1, 0.15) is 30.1 Å². The number of hydrogen-bond acceptors (Lipinski definition) is 3. The fourth-order valence-corrected chi connectivity index (χ4v) is 2.16. The Labute approximate surface area is 101 Å². The van der Waals surface area contributed by atoms with E-state index in [0.717, 1.165) is 24.3 Å². The van der Waals surface area contributed by atoms with E-state index in [2.05, 4.69) is 0 Å². The molecular formula is C13H18O2S. The third-order valence-electron chi connectivity index (χ3n) is 2.26. The highest BCUT2D eigenvalue weighted by atomic mass is 32.2. The van der Waals surface area contributed by atoms with Crippen molar-refractivity contribution < 1.29 is 9.53 Å². The lowest BCUT2D eigenvalue weighted by Gasteiger charge is -2.02. The van der Waals surface area contributed by atoms with Gasteiger partial charge in [0, 0.05) is 36.3 Å². The van der Waals surface area contributed by atoms with E-state index in [4.69, 9.17) is 4.74 Å². The number of carbonyl (C=O) groups excluding carboxylic acids is 1. The zero-order valence-corrected chi connectivity index (χ0v) is 10.7. The number of benzene rings is 1. The molecule has 2 nitrogen and oxygen atoms in total. The topological polar surface area (TPSA) is 26.3 Å². The minimum absolute atomic E-state index is 0.205. The first-order valence-corrected chi connectivity index (χ1v) is 6.51. The van der Waals surface area contributed by atoms with Crippen LogP contribution in [-0.2, 0) is 4.74 Å². The molecule has 0 radical (unpaired) electrons. The number of hydrogen-bond donors (Lipinski definition) is 0. The summed E-state index contributed by atoms with van der Waals surface area (Å²) in [7, 11) is 1.72. The van der Waals surface area contributed by atoms with E-state index < -0.39 is 0 Å². The highest BCUT2D eigenvalue weighted by Gasteiger charge is 2.02. The van der Waals surface area contributed by atoms with Crippen LogP contribution in [0.2, 0.25) is 0 Å². The number of methoxy groups -OCH3 is 1. The van der Waals surface area contributed by atoms with Crippen molar-refractivity contribution in [1.29, 1.82) is 0 Å². The van der Waals surface area contributed by atoms with Crippen molar-refractivity contribution in [3.8, 4) is 0 Å². The monoisotopic (exact) mass is 238 g/mol. The molecule has 0 bridgehead atoms. The molecule has 1 aromatic rings. The highest BCUT2D eigenvalue weighted by molar-refractivity contribution is 7.99. The van der Waals surface area contributed by atoms with E-state index in [-0.39, 0.29) is 5.78 Å². The molecule has 0 N–H and O–H groups in total. The number of rotatable bonds is 7. The van der Waals surface area contributed by atoms with E-state index in [1.165, 1.54) is 4.90 Å². The second-order valence-electron chi connectivity index (χ2n) is 3.50. The van der Waals surface area contributed by atoms with Crippen LogP contribution >= 0.6 is 11.8 Å². The molecular weight excluding hydrogens is 220 g/mol. The molecule has 0 aliphatic carbocycles. The molecule has 16 heavy (non-hydrogen) atoms. The highest BCUT2D eigenvalue weighted by Crippen LogP contribution is 2.19. The molecule has 0 aromatic heterocycles. The summed E-state index contributed by atoms with van der Waals surface area (Å²) in [6.07, 6.45) is 1.62. The lowest BCUT2D eigenvalue weighted by atomic mass is 10.1. The van der Waals surface area contributed by atoms with Gasteiger partial charge in [-0.05, 0) is 18.6 Å². The maximum absolute atomic E-state index is 11.4. The van der Waals surface area contributed by atoms with Gasteiger partial charge in [0.25, 0.3) is 0 Å². The van der Waals surface area contributed by atoms with Crippen molar-refractivity contribution in [2.45, 2.75) is 24.7 Å². The molecule has 3 heteroatoms. The molecule has 0 fully saturated rings. The van der Waals surface area contributed by atoms with Crippen molar-refractivity contribution in [3.05, 3.63) is 29.8 Å². The van der Waals surface area contributed by atoms with Crippen LogP contribution in [0.25, 0.3) is 0 Å². The number of Topliss-reactive ketones (excluding diaryl/α,β-unsaturated/α-hetero) is 1. The first kappa shape index (κ1) is 13.3. The molecule has 0 heterocycles.